The van der Waals surface area contributed by atoms with Crippen LogP contribution in [0, 0.1) is 19.7 Å². The molecule has 31 heavy (non-hydrogen) atoms. The summed E-state index contributed by atoms with van der Waals surface area (Å²) in [4.78, 5) is 20.8. The van der Waals surface area contributed by atoms with E-state index in [1.165, 1.54) is 40.3 Å². The molecule has 0 saturated heterocycles. The Morgan fingerprint density at radius 2 is 1.90 bits per heavy atom. The van der Waals surface area contributed by atoms with Gasteiger partial charge in [-0.1, -0.05) is 36.0 Å². The third kappa shape index (κ3) is 3.72. The van der Waals surface area contributed by atoms with Gasteiger partial charge in [0.15, 0.2) is 5.16 Å². The number of hydrogen-bond donors (Lipinski definition) is 0. The van der Waals surface area contributed by atoms with Gasteiger partial charge < -0.3 is 0 Å². The van der Waals surface area contributed by atoms with E-state index in [0.29, 0.717) is 16.5 Å². The Labute approximate surface area is 189 Å². The van der Waals surface area contributed by atoms with Crippen molar-refractivity contribution in [3.63, 3.8) is 0 Å². The van der Waals surface area contributed by atoms with Crippen LogP contribution in [0.3, 0.4) is 0 Å². The maximum Gasteiger partial charge on any atom is 0.267 e. The average molecular weight is 451 g/mol. The number of thioether (sulfide) groups is 1. The van der Waals surface area contributed by atoms with Gasteiger partial charge in [-0.3, -0.25) is 9.36 Å². The van der Waals surface area contributed by atoms with E-state index in [-0.39, 0.29) is 11.4 Å². The molecule has 5 rings (SSSR count). The highest BCUT2D eigenvalue weighted by Crippen LogP contribution is 2.36. The third-order valence-electron chi connectivity index (χ3n) is 6.02. The molecule has 2 heterocycles. The summed E-state index contributed by atoms with van der Waals surface area (Å²) < 4.78 is 15.9. The highest BCUT2D eigenvalue weighted by molar-refractivity contribution is 7.98. The van der Waals surface area contributed by atoms with Gasteiger partial charge in [0.2, 0.25) is 0 Å². The number of halogens is 1. The van der Waals surface area contributed by atoms with E-state index in [1.54, 1.807) is 28.0 Å². The Morgan fingerprint density at radius 3 is 2.71 bits per heavy atom. The molecule has 0 atom stereocenters. The summed E-state index contributed by atoms with van der Waals surface area (Å²) in [5.41, 5.74) is 4.91. The van der Waals surface area contributed by atoms with Crippen LogP contribution in [-0.4, -0.2) is 9.55 Å². The van der Waals surface area contributed by atoms with Crippen molar-refractivity contribution in [1.82, 2.24) is 9.55 Å². The van der Waals surface area contributed by atoms with Crippen LogP contribution in [0.25, 0.3) is 15.9 Å². The Kier molecular flexibility index (Phi) is 5.44. The fourth-order valence-corrected chi connectivity index (χ4v) is 6.43. The predicted molar refractivity (Wildman–Crippen MR) is 127 cm³/mol. The molecular formula is C25H23FN2OS2. The maximum absolute atomic E-state index is 14.2. The summed E-state index contributed by atoms with van der Waals surface area (Å²) in [6.45, 7) is 4.11. The Balaban J connectivity index is 1.69. The van der Waals surface area contributed by atoms with Crippen molar-refractivity contribution < 1.29 is 4.39 Å². The van der Waals surface area contributed by atoms with Gasteiger partial charge in [-0.2, -0.15) is 0 Å². The molecule has 6 heteroatoms. The molecular weight excluding hydrogens is 427 g/mol. The molecule has 0 spiro atoms. The molecule has 0 aliphatic heterocycles. The molecule has 0 radical (unpaired) electrons. The monoisotopic (exact) mass is 450 g/mol. The molecule has 1 aliphatic rings. The predicted octanol–water partition coefficient (Wildman–Crippen LogP) is 6.37. The zero-order valence-corrected chi connectivity index (χ0v) is 19.2. The molecule has 0 N–H and O–H groups in total. The van der Waals surface area contributed by atoms with Crippen LogP contribution >= 0.6 is 23.1 Å². The quantitative estimate of drug-likeness (QED) is 0.267. The number of aryl methyl sites for hydroxylation is 4. The number of benzene rings is 2. The summed E-state index contributed by atoms with van der Waals surface area (Å²) >= 11 is 3.06. The molecule has 1 aliphatic carbocycles. The van der Waals surface area contributed by atoms with Gasteiger partial charge in [0, 0.05) is 10.6 Å². The number of fused-ring (bicyclic) bond motifs is 3. The van der Waals surface area contributed by atoms with Crippen LogP contribution in [0.1, 0.15) is 40.0 Å². The van der Waals surface area contributed by atoms with Gasteiger partial charge in [0.05, 0.1) is 11.1 Å². The van der Waals surface area contributed by atoms with Crippen LogP contribution in [0.4, 0.5) is 4.39 Å². The Morgan fingerprint density at radius 1 is 1.10 bits per heavy atom. The van der Waals surface area contributed by atoms with Crippen LogP contribution < -0.4 is 5.56 Å². The second kappa shape index (κ2) is 8.24. The van der Waals surface area contributed by atoms with Crippen molar-refractivity contribution in [2.45, 2.75) is 50.4 Å². The largest absolute Gasteiger partial charge is 0.268 e. The lowest BCUT2D eigenvalue weighted by Crippen LogP contribution is -2.22. The van der Waals surface area contributed by atoms with Crippen molar-refractivity contribution in [2.24, 2.45) is 0 Å². The first-order valence-electron chi connectivity index (χ1n) is 10.5. The fourth-order valence-electron chi connectivity index (χ4n) is 4.13. The lowest BCUT2D eigenvalue weighted by molar-refractivity contribution is 0.617. The third-order valence-corrected chi connectivity index (χ3v) is 8.19. The number of hydrogen-bond acceptors (Lipinski definition) is 4. The van der Waals surface area contributed by atoms with E-state index in [4.69, 9.17) is 4.98 Å². The molecule has 0 saturated carbocycles. The second-order valence-electron chi connectivity index (χ2n) is 8.07. The second-order valence-corrected chi connectivity index (χ2v) is 10.1. The van der Waals surface area contributed by atoms with Crippen molar-refractivity contribution in [3.8, 4) is 5.69 Å². The first kappa shape index (κ1) is 20.5. The summed E-state index contributed by atoms with van der Waals surface area (Å²) in [6.07, 6.45) is 4.25. The molecule has 4 aromatic rings. The molecule has 158 valence electrons. The van der Waals surface area contributed by atoms with Crippen LogP contribution in [0.2, 0.25) is 0 Å². The lowest BCUT2D eigenvalue weighted by Gasteiger charge is -2.15. The van der Waals surface area contributed by atoms with E-state index >= 15 is 0 Å². The molecule has 0 amide bonds. The van der Waals surface area contributed by atoms with Gasteiger partial charge >= 0.3 is 0 Å². The first-order valence-corrected chi connectivity index (χ1v) is 12.3. The number of aromatic nitrogens is 2. The SMILES string of the molecule is Cc1ccc(-n2c(SCc3ccccc3F)nc3sc4c(c3c2=O)CCCC4)cc1C. The zero-order chi connectivity index (χ0) is 21.5. The molecule has 3 nitrogen and oxygen atoms in total. The van der Waals surface area contributed by atoms with Crippen molar-refractivity contribution in [3.05, 3.63) is 85.8 Å². The summed E-state index contributed by atoms with van der Waals surface area (Å²) in [7, 11) is 0. The first-order chi connectivity index (χ1) is 15.0. The number of thiophene rings is 1. The van der Waals surface area contributed by atoms with Gasteiger partial charge in [0.1, 0.15) is 10.6 Å². The van der Waals surface area contributed by atoms with Gasteiger partial charge in [-0.25, -0.2) is 9.37 Å². The highest BCUT2D eigenvalue weighted by atomic mass is 32.2. The minimum Gasteiger partial charge on any atom is -0.268 e. The molecule has 2 aromatic carbocycles. The van der Waals surface area contributed by atoms with Crippen LogP contribution in [0.5, 0.6) is 0 Å². The number of nitrogens with zero attached hydrogens (tertiary/aromatic N) is 2. The summed E-state index contributed by atoms with van der Waals surface area (Å²) in [5, 5.41) is 1.38. The minimum absolute atomic E-state index is 0.0105. The standard InChI is InChI=1S/C25H23FN2OS2/c1-15-11-12-18(13-16(15)2)28-24(29)22-19-8-4-6-10-21(19)31-23(22)27-25(28)30-14-17-7-3-5-9-20(17)26/h3,5,7,9,11-13H,4,6,8,10,14H2,1-2H3. The molecule has 0 bridgehead atoms. The summed E-state index contributed by atoms with van der Waals surface area (Å²) in [5.74, 6) is 0.184. The van der Waals surface area contributed by atoms with E-state index < -0.39 is 0 Å². The van der Waals surface area contributed by atoms with E-state index in [9.17, 15) is 9.18 Å². The highest BCUT2D eigenvalue weighted by Gasteiger charge is 2.23. The smallest absolute Gasteiger partial charge is 0.267 e. The summed E-state index contributed by atoms with van der Waals surface area (Å²) in [6, 6.07) is 12.8. The van der Waals surface area contributed by atoms with Gasteiger partial charge in [0.25, 0.3) is 5.56 Å². The Bertz CT molecular complexity index is 1360. The minimum atomic E-state index is -0.234. The van der Waals surface area contributed by atoms with Crippen LogP contribution in [-0.2, 0) is 18.6 Å². The topological polar surface area (TPSA) is 34.9 Å². The zero-order valence-electron chi connectivity index (χ0n) is 17.6. The van der Waals surface area contributed by atoms with Crippen LogP contribution in [0.15, 0.2) is 52.4 Å². The van der Waals surface area contributed by atoms with Gasteiger partial charge in [-0.05, 0) is 80.0 Å². The normalized spacial score (nSPS) is 13.5. The molecule has 0 fully saturated rings. The van der Waals surface area contributed by atoms with E-state index in [2.05, 4.69) is 13.8 Å². The van der Waals surface area contributed by atoms with Crippen molar-refractivity contribution >= 4 is 33.3 Å². The van der Waals surface area contributed by atoms with Gasteiger partial charge in [-0.15, -0.1) is 11.3 Å². The van der Waals surface area contributed by atoms with Crippen molar-refractivity contribution in [1.29, 1.82) is 0 Å². The van der Waals surface area contributed by atoms with E-state index in [0.717, 1.165) is 40.7 Å². The van der Waals surface area contributed by atoms with E-state index in [1.807, 2.05) is 24.3 Å². The van der Waals surface area contributed by atoms with Crippen molar-refractivity contribution in [2.75, 3.05) is 0 Å². The number of rotatable bonds is 4. The fraction of sp³-hybridized carbons (Fsp3) is 0.280. The Hall–Kier alpha value is -2.44. The average Bonchev–Trinajstić information content (AvgIpc) is 3.14. The molecule has 0 unspecified atom stereocenters. The lowest BCUT2D eigenvalue weighted by atomic mass is 9.97. The maximum atomic E-state index is 14.2. The molecule has 2 aromatic heterocycles.